The summed E-state index contributed by atoms with van der Waals surface area (Å²) in [5, 5.41) is 19.4. The van der Waals surface area contributed by atoms with E-state index in [1.165, 1.54) is 12.1 Å². The van der Waals surface area contributed by atoms with Crippen molar-refractivity contribution in [2.75, 3.05) is 5.73 Å². The predicted octanol–water partition coefficient (Wildman–Crippen LogP) is 2.95. The summed E-state index contributed by atoms with van der Waals surface area (Å²) in [6.45, 7) is 2.89. The summed E-state index contributed by atoms with van der Waals surface area (Å²) < 4.78 is 28.3. The molecule has 1 aromatic carbocycles. The molecule has 7 nitrogen and oxygen atoms in total. The number of hydrogen-bond donors (Lipinski definition) is 3. The molecule has 4 N–H and O–H groups in total. The van der Waals surface area contributed by atoms with Crippen molar-refractivity contribution in [1.82, 2.24) is 14.4 Å². The van der Waals surface area contributed by atoms with Gasteiger partial charge in [-0.3, -0.25) is 9.20 Å². The number of carbonyl (C=O) groups is 1. The second kappa shape index (κ2) is 6.48. The van der Waals surface area contributed by atoms with Crippen LogP contribution in [0.25, 0.3) is 16.9 Å². The molecule has 0 spiro atoms. The van der Waals surface area contributed by atoms with E-state index in [0.717, 1.165) is 12.5 Å². The number of hydrogen-bond acceptors (Lipinski definition) is 5. The van der Waals surface area contributed by atoms with Gasteiger partial charge < -0.3 is 15.9 Å². The molecule has 0 bridgehead atoms. The molecule has 0 saturated heterocycles. The number of nitrogen functional groups attached to an aromatic ring is 1. The molecule has 9 heteroatoms. The van der Waals surface area contributed by atoms with Gasteiger partial charge >= 0.3 is 5.97 Å². The number of aliphatic carboxylic acids is 1. The number of aromatic nitrogens is 3. The van der Waals surface area contributed by atoms with E-state index in [2.05, 4.69) is 9.97 Å². The number of carboxylic acid groups (broad SMARTS) is 1. The van der Waals surface area contributed by atoms with Crippen molar-refractivity contribution in [3.63, 3.8) is 0 Å². The van der Waals surface area contributed by atoms with Gasteiger partial charge in [-0.1, -0.05) is 12.1 Å². The molecule has 1 aliphatic rings. The van der Waals surface area contributed by atoms with Crippen molar-refractivity contribution in [2.24, 2.45) is 5.92 Å². The summed E-state index contributed by atoms with van der Waals surface area (Å²) in [6, 6.07) is 4.64. The molecule has 0 aliphatic heterocycles. The van der Waals surface area contributed by atoms with Gasteiger partial charge in [-0.25, -0.2) is 18.7 Å². The molecule has 2 aromatic heterocycles. The maximum absolute atomic E-state index is 13.3. The fourth-order valence-electron chi connectivity index (χ4n) is 3.54. The molecule has 0 amide bonds. The Bertz CT molecular complexity index is 1130. The largest absolute Gasteiger partial charge is 0.481 e. The molecular weight excluding hydrogens is 382 g/mol. The first-order valence-corrected chi connectivity index (χ1v) is 9.09. The molecule has 4 rings (SSSR count). The number of benzene rings is 1. The molecule has 2 heterocycles. The maximum Gasteiger partial charge on any atom is 0.307 e. The Hall–Kier alpha value is -3.07. The van der Waals surface area contributed by atoms with Crippen LogP contribution in [0, 0.1) is 12.8 Å². The maximum atomic E-state index is 13.3. The van der Waals surface area contributed by atoms with Gasteiger partial charge in [0.2, 0.25) is 0 Å². The summed E-state index contributed by atoms with van der Waals surface area (Å²) >= 11 is 0. The number of fused-ring (bicyclic) bond motifs is 1. The average Bonchev–Trinajstić information content (AvgIpc) is 3.35. The van der Waals surface area contributed by atoms with Gasteiger partial charge in [-0.2, -0.15) is 0 Å². The number of aliphatic hydroxyl groups is 1. The third-order valence-electron chi connectivity index (χ3n) is 5.55. The Morgan fingerprint density at radius 2 is 2.14 bits per heavy atom. The normalized spacial score (nSPS) is 20.8. The highest BCUT2D eigenvalue weighted by Gasteiger charge is 2.45. The number of anilines is 1. The van der Waals surface area contributed by atoms with Crippen LogP contribution >= 0.6 is 0 Å². The van der Waals surface area contributed by atoms with Gasteiger partial charge in [0.15, 0.2) is 11.5 Å². The van der Waals surface area contributed by atoms with Crippen LogP contribution in [0.5, 0.6) is 0 Å². The molecule has 152 valence electrons. The number of imidazole rings is 1. The van der Waals surface area contributed by atoms with Crippen molar-refractivity contribution in [3.05, 3.63) is 47.4 Å². The minimum atomic E-state index is -2.95. The first-order chi connectivity index (χ1) is 13.6. The zero-order valence-corrected chi connectivity index (χ0v) is 15.8. The zero-order valence-electron chi connectivity index (χ0n) is 15.8. The lowest BCUT2D eigenvalue weighted by Crippen LogP contribution is -2.30. The van der Waals surface area contributed by atoms with Crippen molar-refractivity contribution in [1.29, 1.82) is 0 Å². The minimum Gasteiger partial charge on any atom is -0.481 e. The lowest BCUT2D eigenvalue weighted by molar-refractivity contribution is -0.138. The molecule has 0 radical (unpaired) electrons. The SMILES string of the molecule is Cc1ccc(C(C)(O)C(F)F)cc1-c1cnc2c(N)nc(C3CC3C(=O)O)cn12. The molecule has 1 fully saturated rings. The first kappa shape index (κ1) is 19.3. The predicted molar refractivity (Wildman–Crippen MR) is 102 cm³/mol. The smallest absolute Gasteiger partial charge is 0.307 e. The van der Waals surface area contributed by atoms with E-state index in [1.807, 2.05) is 6.92 Å². The van der Waals surface area contributed by atoms with Crippen LogP contribution in [0.3, 0.4) is 0 Å². The van der Waals surface area contributed by atoms with Crippen LogP contribution in [-0.2, 0) is 10.4 Å². The second-order valence-electron chi connectivity index (χ2n) is 7.65. The van der Waals surface area contributed by atoms with E-state index in [1.54, 1.807) is 22.9 Å². The molecule has 3 atom stereocenters. The number of nitrogens with two attached hydrogens (primary N) is 1. The monoisotopic (exact) mass is 402 g/mol. The Morgan fingerprint density at radius 3 is 2.76 bits per heavy atom. The second-order valence-corrected chi connectivity index (χ2v) is 7.65. The van der Waals surface area contributed by atoms with Gasteiger partial charge in [0.25, 0.3) is 6.43 Å². The lowest BCUT2D eigenvalue weighted by atomic mass is 9.92. The quantitative estimate of drug-likeness (QED) is 0.605. The number of rotatable bonds is 5. The summed E-state index contributed by atoms with van der Waals surface area (Å²) in [5.74, 6) is -1.42. The Morgan fingerprint density at radius 1 is 1.41 bits per heavy atom. The summed E-state index contributed by atoms with van der Waals surface area (Å²) in [7, 11) is 0. The van der Waals surface area contributed by atoms with E-state index in [-0.39, 0.29) is 17.3 Å². The van der Waals surface area contributed by atoms with Crippen LogP contribution in [0.4, 0.5) is 14.6 Å². The van der Waals surface area contributed by atoms with Crippen LogP contribution in [-0.4, -0.2) is 37.0 Å². The number of alkyl halides is 2. The van der Waals surface area contributed by atoms with E-state index in [4.69, 9.17) is 5.73 Å². The summed E-state index contributed by atoms with van der Waals surface area (Å²) in [4.78, 5) is 19.8. The van der Waals surface area contributed by atoms with Crippen LogP contribution < -0.4 is 5.73 Å². The third kappa shape index (κ3) is 3.11. The zero-order chi connectivity index (χ0) is 21.1. The van der Waals surface area contributed by atoms with Crippen molar-refractivity contribution >= 4 is 17.4 Å². The van der Waals surface area contributed by atoms with Gasteiger partial charge in [0.1, 0.15) is 5.60 Å². The van der Waals surface area contributed by atoms with Crippen molar-refractivity contribution in [3.8, 4) is 11.3 Å². The highest BCUT2D eigenvalue weighted by Crippen LogP contribution is 2.47. The van der Waals surface area contributed by atoms with Crippen LogP contribution in [0.1, 0.15) is 36.1 Å². The van der Waals surface area contributed by atoms with E-state index < -0.39 is 23.9 Å². The highest BCUT2D eigenvalue weighted by molar-refractivity contribution is 5.76. The lowest BCUT2D eigenvalue weighted by Gasteiger charge is -2.23. The minimum absolute atomic E-state index is 0.0819. The average molecular weight is 402 g/mol. The molecule has 1 saturated carbocycles. The Kier molecular flexibility index (Phi) is 4.30. The number of aryl methyl sites for hydroxylation is 1. The number of halogens is 2. The van der Waals surface area contributed by atoms with Crippen LogP contribution in [0.2, 0.25) is 0 Å². The summed E-state index contributed by atoms with van der Waals surface area (Å²) in [5.41, 5.74) is 6.76. The highest BCUT2D eigenvalue weighted by atomic mass is 19.3. The summed E-state index contributed by atoms with van der Waals surface area (Å²) in [6.07, 6.45) is 0.791. The molecule has 1 aliphatic carbocycles. The molecular formula is C20H20F2N4O3. The standard InChI is InChI=1S/C20H20F2N4O3/c1-9-3-4-10(20(2,29)19(21)22)5-11(9)15-7-24-17-16(23)25-14(8-26(15)17)12-6-13(12)18(27)28/h3-5,7-8,12-13,19,29H,6H2,1-2H3,(H2,23,25)(H,27,28). The molecule has 3 unspecified atom stereocenters. The fourth-order valence-corrected chi connectivity index (χ4v) is 3.54. The van der Waals surface area contributed by atoms with Crippen LogP contribution in [0.15, 0.2) is 30.6 Å². The fraction of sp³-hybridized carbons (Fsp3) is 0.350. The van der Waals surface area contributed by atoms with E-state index in [0.29, 0.717) is 29.0 Å². The number of carboxylic acids is 1. The van der Waals surface area contributed by atoms with Gasteiger partial charge in [0, 0.05) is 17.7 Å². The first-order valence-electron chi connectivity index (χ1n) is 9.09. The number of nitrogens with zero attached hydrogens (tertiary/aromatic N) is 3. The topological polar surface area (TPSA) is 114 Å². The van der Waals surface area contributed by atoms with Gasteiger partial charge in [-0.05, 0) is 37.5 Å². The van der Waals surface area contributed by atoms with Gasteiger partial charge in [0.05, 0.1) is 23.5 Å². The Balaban J connectivity index is 1.85. The molecule has 3 aromatic rings. The molecule has 29 heavy (non-hydrogen) atoms. The van der Waals surface area contributed by atoms with E-state index in [9.17, 15) is 23.8 Å². The third-order valence-corrected chi connectivity index (χ3v) is 5.55. The Labute approximate surface area is 164 Å². The van der Waals surface area contributed by atoms with Crippen molar-refractivity contribution in [2.45, 2.75) is 38.2 Å². The van der Waals surface area contributed by atoms with E-state index >= 15 is 0 Å². The van der Waals surface area contributed by atoms with Gasteiger partial charge in [-0.15, -0.1) is 0 Å². The van der Waals surface area contributed by atoms with Crippen molar-refractivity contribution < 1.29 is 23.8 Å².